The number of pyridine rings is 1. The summed E-state index contributed by atoms with van der Waals surface area (Å²) in [5, 5.41) is 3.83. The van der Waals surface area contributed by atoms with Crippen molar-refractivity contribution in [1.82, 2.24) is 10.3 Å². The van der Waals surface area contributed by atoms with Crippen molar-refractivity contribution in [3.05, 3.63) is 30.1 Å². The number of hydrogen-bond donors (Lipinski definition) is 1. The van der Waals surface area contributed by atoms with Crippen molar-refractivity contribution in [2.24, 2.45) is 0 Å². The van der Waals surface area contributed by atoms with E-state index >= 15 is 0 Å². The van der Waals surface area contributed by atoms with E-state index in [-0.39, 0.29) is 11.4 Å². The van der Waals surface area contributed by atoms with E-state index in [2.05, 4.69) is 40.1 Å². The standard InChI is InChI=1S/C12H17BrN2O/c1-3-12(4-2,9-13)15-11(16)10-6-5-7-14-8-10/h5-8H,3-4,9H2,1-2H3,(H,15,16). The Balaban J connectivity index is 2.77. The van der Waals surface area contributed by atoms with Gasteiger partial charge in [0.2, 0.25) is 0 Å². The predicted octanol–water partition coefficient (Wildman–Crippen LogP) is 2.77. The predicted molar refractivity (Wildman–Crippen MR) is 68.8 cm³/mol. The van der Waals surface area contributed by atoms with Crippen LogP contribution in [0.25, 0.3) is 0 Å². The number of hydrogen-bond acceptors (Lipinski definition) is 2. The van der Waals surface area contributed by atoms with Crippen LogP contribution in [0.2, 0.25) is 0 Å². The molecule has 1 aromatic heterocycles. The molecule has 16 heavy (non-hydrogen) atoms. The van der Waals surface area contributed by atoms with Crippen molar-refractivity contribution in [2.45, 2.75) is 32.2 Å². The van der Waals surface area contributed by atoms with Gasteiger partial charge in [-0.15, -0.1) is 0 Å². The van der Waals surface area contributed by atoms with E-state index in [4.69, 9.17) is 0 Å². The largest absolute Gasteiger partial charge is 0.346 e. The van der Waals surface area contributed by atoms with Crippen LogP contribution >= 0.6 is 15.9 Å². The second-order valence-corrected chi connectivity index (χ2v) is 4.38. The number of amides is 1. The number of nitrogens with zero attached hydrogens (tertiary/aromatic N) is 1. The van der Waals surface area contributed by atoms with Gasteiger partial charge in [-0.3, -0.25) is 9.78 Å². The molecule has 0 saturated carbocycles. The van der Waals surface area contributed by atoms with Crippen molar-refractivity contribution in [3.8, 4) is 0 Å². The Morgan fingerprint density at radius 1 is 1.50 bits per heavy atom. The van der Waals surface area contributed by atoms with Crippen molar-refractivity contribution < 1.29 is 4.79 Å². The van der Waals surface area contributed by atoms with E-state index in [0.29, 0.717) is 5.56 Å². The molecule has 1 amide bonds. The van der Waals surface area contributed by atoms with E-state index in [1.165, 1.54) is 0 Å². The highest BCUT2D eigenvalue weighted by Crippen LogP contribution is 2.18. The van der Waals surface area contributed by atoms with Crippen molar-refractivity contribution in [3.63, 3.8) is 0 Å². The average molecular weight is 285 g/mol. The van der Waals surface area contributed by atoms with Gasteiger partial charge in [-0.25, -0.2) is 0 Å². The summed E-state index contributed by atoms with van der Waals surface area (Å²) in [4.78, 5) is 15.9. The van der Waals surface area contributed by atoms with Crippen LogP contribution in [-0.2, 0) is 0 Å². The fraction of sp³-hybridized carbons (Fsp3) is 0.500. The third-order valence-corrected chi connectivity index (χ3v) is 3.99. The van der Waals surface area contributed by atoms with Gasteiger partial charge < -0.3 is 5.32 Å². The molecule has 4 heteroatoms. The number of carbonyl (C=O) groups excluding carboxylic acids is 1. The Hall–Kier alpha value is -0.900. The number of nitrogens with one attached hydrogen (secondary N) is 1. The Morgan fingerprint density at radius 3 is 2.62 bits per heavy atom. The molecule has 1 heterocycles. The molecule has 0 aliphatic carbocycles. The smallest absolute Gasteiger partial charge is 0.253 e. The third kappa shape index (κ3) is 3.04. The van der Waals surface area contributed by atoms with Crippen LogP contribution in [0.5, 0.6) is 0 Å². The quantitative estimate of drug-likeness (QED) is 0.845. The maximum Gasteiger partial charge on any atom is 0.253 e. The lowest BCUT2D eigenvalue weighted by atomic mass is 9.95. The molecule has 1 N–H and O–H groups in total. The summed E-state index contributed by atoms with van der Waals surface area (Å²) in [7, 11) is 0. The lowest BCUT2D eigenvalue weighted by Crippen LogP contribution is -2.49. The summed E-state index contributed by atoms with van der Waals surface area (Å²) >= 11 is 3.46. The maximum atomic E-state index is 12.0. The Morgan fingerprint density at radius 2 is 2.19 bits per heavy atom. The first-order valence-corrected chi connectivity index (χ1v) is 6.58. The number of aromatic nitrogens is 1. The average Bonchev–Trinajstić information content (AvgIpc) is 2.37. The van der Waals surface area contributed by atoms with E-state index in [0.717, 1.165) is 18.2 Å². The first-order valence-electron chi connectivity index (χ1n) is 5.46. The summed E-state index contributed by atoms with van der Waals surface area (Å²) in [6.07, 6.45) is 5.05. The van der Waals surface area contributed by atoms with Gasteiger partial charge in [0.25, 0.3) is 5.91 Å². The van der Waals surface area contributed by atoms with Gasteiger partial charge in [-0.2, -0.15) is 0 Å². The van der Waals surface area contributed by atoms with E-state index in [9.17, 15) is 4.79 Å². The second kappa shape index (κ2) is 5.99. The van der Waals surface area contributed by atoms with E-state index < -0.39 is 0 Å². The lowest BCUT2D eigenvalue weighted by molar-refractivity contribution is 0.0903. The van der Waals surface area contributed by atoms with E-state index in [1.54, 1.807) is 24.5 Å². The minimum absolute atomic E-state index is 0.0590. The van der Waals surface area contributed by atoms with Crippen LogP contribution in [0, 0.1) is 0 Å². The molecule has 3 nitrogen and oxygen atoms in total. The Labute approximate surface area is 105 Å². The summed E-state index contributed by atoms with van der Waals surface area (Å²) in [6.45, 7) is 4.16. The molecule has 0 saturated heterocycles. The molecule has 1 aromatic rings. The van der Waals surface area contributed by atoms with Crippen molar-refractivity contribution in [1.29, 1.82) is 0 Å². The van der Waals surface area contributed by atoms with Gasteiger partial charge in [0.15, 0.2) is 0 Å². The molecule has 1 rings (SSSR count). The molecule has 0 aliphatic rings. The number of rotatable bonds is 5. The van der Waals surface area contributed by atoms with Gasteiger partial charge in [0.05, 0.1) is 5.56 Å². The molecule has 0 bridgehead atoms. The molecule has 0 spiro atoms. The summed E-state index contributed by atoms with van der Waals surface area (Å²) in [5.41, 5.74) is 0.446. The van der Waals surface area contributed by atoms with Gasteiger partial charge in [-0.05, 0) is 25.0 Å². The second-order valence-electron chi connectivity index (χ2n) is 3.82. The minimum atomic E-state index is -0.160. The Bertz CT molecular complexity index is 328. The molecule has 0 aliphatic heterocycles. The first-order chi connectivity index (χ1) is 7.67. The van der Waals surface area contributed by atoms with Gasteiger partial charge in [0.1, 0.15) is 0 Å². The Kier molecular flexibility index (Phi) is 4.93. The minimum Gasteiger partial charge on any atom is -0.346 e. The summed E-state index contributed by atoms with van der Waals surface area (Å²) in [6, 6.07) is 3.54. The molecule has 0 atom stereocenters. The SMILES string of the molecule is CCC(CC)(CBr)NC(=O)c1cccnc1. The highest BCUT2D eigenvalue weighted by molar-refractivity contribution is 9.09. The highest BCUT2D eigenvalue weighted by atomic mass is 79.9. The van der Waals surface area contributed by atoms with Crippen LogP contribution in [0.15, 0.2) is 24.5 Å². The normalized spacial score (nSPS) is 11.2. The van der Waals surface area contributed by atoms with Crippen LogP contribution in [0.4, 0.5) is 0 Å². The zero-order valence-electron chi connectivity index (χ0n) is 9.66. The van der Waals surface area contributed by atoms with Crippen LogP contribution < -0.4 is 5.32 Å². The lowest BCUT2D eigenvalue weighted by Gasteiger charge is -2.30. The first kappa shape index (κ1) is 13.2. The molecule has 88 valence electrons. The molecule has 0 aromatic carbocycles. The van der Waals surface area contributed by atoms with Crippen LogP contribution in [0.1, 0.15) is 37.0 Å². The number of alkyl halides is 1. The molecule has 0 radical (unpaired) electrons. The highest BCUT2D eigenvalue weighted by Gasteiger charge is 2.27. The topological polar surface area (TPSA) is 42.0 Å². The monoisotopic (exact) mass is 284 g/mol. The van der Waals surface area contributed by atoms with E-state index in [1.807, 2.05) is 0 Å². The summed E-state index contributed by atoms with van der Waals surface area (Å²) < 4.78 is 0. The fourth-order valence-electron chi connectivity index (χ4n) is 1.46. The number of carbonyl (C=O) groups is 1. The molecule has 0 unspecified atom stereocenters. The van der Waals surface area contributed by atoms with Gasteiger partial charge >= 0.3 is 0 Å². The van der Waals surface area contributed by atoms with Gasteiger partial charge in [0, 0.05) is 23.3 Å². The zero-order valence-corrected chi connectivity index (χ0v) is 11.3. The third-order valence-electron chi connectivity index (χ3n) is 2.91. The molecular weight excluding hydrogens is 268 g/mol. The maximum absolute atomic E-state index is 12.0. The van der Waals surface area contributed by atoms with Crippen LogP contribution in [-0.4, -0.2) is 21.8 Å². The molecule has 0 fully saturated rings. The van der Waals surface area contributed by atoms with Crippen molar-refractivity contribution in [2.75, 3.05) is 5.33 Å². The zero-order chi connectivity index (χ0) is 12.0. The molecular formula is C12H17BrN2O. The number of halogens is 1. The van der Waals surface area contributed by atoms with Crippen molar-refractivity contribution >= 4 is 21.8 Å². The van der Waals surface area contributed by atoms with Gasteiger partial charge in [-0.1, -0.05) is 29.8 Å². The fourth-order valence-corrected chi connectivity index (χ4v) is 2.39. The van der Waals surface area contributed by atoms with Crippen LogP contribution in [0.3, 0.4) is 0 Å². The summed E-state index contributed by atoms with van der Waals surface area (Å²) in [5.74, 6) is -0.0590.